The maximum absolute atomic E-state index is 13.8. The molecule has 0 amide bonds. The van der Waals surface area contributed by atoms with E-state index in [1.54, 1.807) is 30.9 Å². The average Bonchev–Trinajstić information content (AvgIpc) is 2.72. The van der Waals surface area contributed by atoms with E-state index in [2.05, 4.69) is 41.2 Å². The first-order chi connectivity index (χ1) is 13.2. The first kappa shape index (κ1) is 17.6. The van der Waals surface area contributed by atoms with E-state index < -0.39 is 0 Å². The van der Waals surface area contributed by atoms with Gasteiger partial charge >= 0.3 is 0 Å². The van der Waals surface area contributed by atoms with Crippen LogP contribution < -0.4 is 0 Å². The number of rotatable bonds is 0. The van der Waals surface area contributed by atoms with E-state index in [0.717, 1.165) is 10.9 Å². The van der Waals surface area contributed by atoms with Gasteiger partial charge in [-0.05, 0) is 76.4 Å². The molecule has 4 aromatic rings. The molecule has 0 bridgehead atoms. The molecule has 27 heavy (non-hydrogen) atoms. The van der Waals surface area contributed by atoms with Crippen molar-refractivity contribution in [2.24, 2.45) is 0 Å². The summed E-state index contributed by atoms with van der Waals surface area (Å²) in [6.07, 6.45) is 10.3. The number of fused-ring (bicyclic) bond motifs is 5. The summed E-state index contributed by atoms with van der Waals surface area (Å²) in [6, 6.07) is 12.3. The van der Waals surface area contributed by atoms with Crippen molar-refractivity contribution in [1.82, 2.24) is 9.97 Å². The Hall–Kier alpha value is -2.81. The standard InChI is InChI=1S/C20H19F.C4H4N2/c1-12-4-3-5-14-6-7-17-16-10-11-19(21)13(2)15(16)8-9-18(17)20(12)14;1-2-6-4-3-5-1/h6-12H,3-5H2,1-2H3;1-4H. The number of aromatic nitrogens is 2. The van der Waals surface area contributed by atoms with Crippen LogP contribution in [0.3, 0.4) is 0 Å². The zero-order valence-electron chi connectivity index (χ0n) is 15.7. The predicted octanol–water partition coefficient (Wildman–Crippen LogP) is 6.36. The molecule has 1 heterocycles. The summed E-state index contributed by atoms with van der Waals surface area (Å²) in [5.41, 5.74) is 3.77. The zero-order valence-corrected chi connectivity index (χ0v) is 15.7. The maximum atomic E-state index is 13.8. The fourth-order valence-corrected chi connectivity index (χ4v) is 4.21. The van der Waals surface area contributed by atoms with Crippen LogP contribution in [0.2, 0.25) is 0 Å². The molecule has 3 aromatic carbocycles. The van der Waals surface area contributed by atoms with E-state index in [4.69, 9.17) is 0 Å². The SMILES string of the molecule is Cc1c(F)ccc2c1ccc1c3c(ccc12)CCCC3C.c1cnccn1. The molecule has 3 heteroatoms. The van der Waals surface area contributed by atoms with Crippen LogP contribution >= 0.6 is 0 Å². The number of halogens is 1. The minimum absolute atomic E-state index is 0.117. The molecule has 0 saturated heterocycles. The molecule has 1 atom stereocenters. The third kappa shape index (κ3) is 3.30. The Kier molecular flexibility index (Phi) is 4.85. The highest BCUT2D eigenvalue weighted by Gasteiger charge is 2.19. The van der Waals surface area contributed by atoms with Crippen LogP contribution in [0, 0.1) is 12.7 Å². The van der Waals surface area contributed by atoms with E-state index in [-0.39, 0.29) is 5.82 Å². The van der Waals surface area contributed by atoms with Gasteiger partial charge in [0.1, 0.15) is 5.82 Å². The van der Waals surface area contributed by atoms with Gasteiger partial charge in [0.15, 0.2) is 0 Å². The van der Waals surface area contributed by atoms with Crippen LogP contribution in [-0.4, -0.2) is 9.97 Å². The van der Waals surface area contributed by atoms with Crippen molar-refractivity contribution in [1.29, 1.82) is 0 Å². The van der Waals surface area contributed by atoms with Crippen LogP contribution in [0.4, 0.5) is 4.39 Å². The van der Waals surface area contributed by atoms with E-state index in [9.17, 15) is 4.39 Å². The summed E-state index contributed by atoms with van der Waals surface area (Å²) in [7, 11) is 0. The largest absolute Gasteiger partial charge is 0.262 e. The minimum atomic E-state index is -0.117. The van der Waals surface area contributed by atoms with Crippen molar-refractivity contribution in [2.75, 3.05) is 0 Å². The predicted molar refractivity (Wildman–Crippen MR) is 110 cm³/mol. The van der Waals surface area contributed by atoms with Crippen molar-refractivity contribution >= 4 is 21.5 Å². The number of hydrogen-bond acceptors (Lipinski definition) is 2. The number of benzene rings is 3. The van der Waals surface area contributed by atoms with Crippen LogP contribution in [0.1, 0.15) is 42.4 Å². The number of hydrogen-bond donors (Lipinski definition) is 0. The topological polar surface area (TPSA) is 25.8 Å². The van der Waals surface area contributed by atoms with E-state index in [0.29, 0.717) is 5.92 Å². The first-order valence-electron chi connectivity index (χ1n) is 9.50. The van der Waals surface area contributed by atoms with Crippen LogP contribution in [-0.2, 0) is 6.42 Å². The van der Waals surface area contributed by atoms with Gasteiger partial charge in [0, 0.05) is 24.8 Å². The van der Waals surface area contributed by atoms with Gasteiger partial charge in [0.05, 0.1) is 0 Å². The maximum Gasteiger partial charge on any atom is 0.126 e. The minimum Gasteiger partial charge on any atom is -0.262 e. The van der Waals surface area contributed by atoms with Gasteiger partial charge in [-0.3, -0.25) is 9.97 Å². The molecule has 0 aliphatic heterocycles. The average molecular weight is 358 g/mol. The van der Waals surface area contributed by atoms with Gasteiger partial charge in [0.25, 0.3) is 0 Å². The van der Waals surface area contributed by atoms with Crippen LogP contribution in [0.25, 0.3) is 21.5 Å². The van der Waals surface area contributed by atoms with E-state index >= 15 is 0 Å². The lowest BCUT2D eigenvalue weighted by atomic mass is 9.80. The summed E-state index contributed by atoms with van der Waals surface area (Å²) in [5.74, 6) is 0.504. The molecular weight excluding hydrogens is 335 g/mol. The van der Waals surface area contributed by atoms with Gasteiger partial charge < -0.3 is 0 Å². The van der Waals surface area contributed by atoms with Gasteiger partial charge in [0.2, 0.25) is 0 Å². The molecule has 0 saturated carbocycles. The third-order valence-corrected chi connectivity index (χ3v) is 5.59. The Bertz CT molecular complexity index is 1060. The lowest BCUT2D eigenvalue weighted by Crippen LogP contribution is -2.07. The Morgan fingerprint density at radius 2 is 1.41 bits per heavy atom. The van der Waals surface area contributed by atoms with Crippen LogP contribution in [0.15, 0.2) is 61.2 Å². The molecular formula is C24H23FN2. The molecule has 0 N–H and O–H groups in total. The highest BCUT2D eigenvalue weighted by atomic mass is 19.1. The van der Waals surface area contributed by atoms with Crippen molar-refractivity contribution in [3.8, 4) is 0 Å². The van der Waals surface area contributed by atoms with Gasteiger partial charge in [-0.15, -0.1) is 0 Å². The second kappa shape index (κ2) is 7.43. The highest BCUT2D eigenvalue weighted by Crippen LogP contribution is 2.39. The number of aryl methyl sites for hydroxylation is 2. The van der Waals surface area contributed by atoms with Crippen molar-refractivity contribution < 1.29 is 4.39 Å². The summed E-state index contributed by atoms with van der Waals surface area (Å²) in [6.45, 7) is 4.20. The van der Waals surface area contributed by atoms with Gasteiger partial charge in [-0.2, -0.15) is 0 Å². The molecule has 1 aliphatic rings. The van der Waals surface area contributed by atoms with Crippen molar-refractivity contribution in [2.45, 2.75) is 39.0 Å². The summed E-state index contributed by atoms with van der Waals surface area (Å²) >= 11 is 0. The van der Waals surface area contributed by atoms with Crippen molar-refractivity contribution in [3.05, 3.63) is 83.7 Å². The third-order valence-electron chi connectivity index (χ3n) is 5.59. The second-order valence-electron chi connectivity index (χ2n) is 7.25. The molecule has 0 fully saturated rings. The fraction of sp³-hybridized carbons (Fsp3) is 0.250. The van der Waals surface area contributed by atoms with E-state index in [1.807, 2.05) is 13.0 Å². The molecule has 2 nitrogen and oxygen atoms in total. The summed E-state index contributed by atoms with van der Waals surface area (Å²) < 4.78 is 13.8. The molecule has 0 radical (unpaired) electrons. The molecule has 136 valence electrons. The van der Waals surface area contributed by atoms with Crippen LogP contribution in [0.5, 0.6) is 0 Å². The number of nitrogens with zero attached hydrogens (tertiary/aromatic N) is 2. The summed E-state index contributed by atoms with van der Waals surface area (Å²) in [5, 5.41) is 4.83. The first-order valence-corrected chi connectivity index (χ1v) is 9.50. The normalized spacial score (nSPS) is 15.9. The second-order valence-corrected chi connectivity index (χ2v) is 7.25. The zero-order chi connectivity index (χ0) is 18.8. The van der Waals surface area contributed by atoms with Gasteiger partial charge in [-0.25, -0.2) is 4.39 Å². The summed E-state index contributed by atoms with van der Waals surface area (Å²) in [4.78, 5) is 7.44. The Balaban J connectivity index is 0.000000257. The quantitative estimate of drug-likeness (QED) is 0.342. The lowest BCUT2D eigenvalue weighted by Gasteiger charge is -2.24. The Labute approximate surface area is 159 Å². The highest BCUT2D eigenvalue weighted by molar-refractivity contribution is 6.09. The molecule has 0 spiro atoms. The van der Waals surface area contributed by atoms with Crippen molar-refractivity contribution in [3.63, 3.8) is 0 Å². The molecule has 1 unspecified atom stereocenters. The van der Waals surface area contributed by atoms with E-state index in [1.165, 1.54) is 46.5 Å². The smallest absolute Gasteiger partial charge is 0.126 e. The molecule has 5 rings (SSSR count). The molecule has 1 aromatic heterocycles. The monoisotopic (exact) mass is 358 g/mol. The Morgan fingerprint density at radius 3 is 2.11 bits per heavy atom. The molecule has 1 aliphatic carbocycles. The van der Waals surface area contributed by atoms with Gasteiger partial charge in [-0.1, -0.05) is 37.3 Å². The fourth-order valence-electron chi connectivity index (χ4n) is 4.21. The Morgan fingerprint density at radius 1 is 0.815 bits per heavy atom. The lowest BCUT2D eigenvalue weighted by molar-refractivity contribution is 0.595.